The number of carboxylic acids is 1. The summed E-state index contributed by atoms with van der Waals surface area (Å²) in [5, 5.41) is 11.8. The molecule has 0 saturated heterocycles. The molecule has 102 valence electrons. The molecule has 0 radical (unpaired) electrons. The molecular weight excluding hydrogens is 270 g/mol. The second-order valence-electron chi connectivity index (χ2n) is 4.53. The lowest BCUT2D eigenvalue weighted by molar-refractivity contribution is 0.0696. The van der Waals surface area contributed by atoms with Crippen molar-refractivity contribution in [3.05, 3.63) is 34.3 Å². The third kappa shape index (κ3) is 3.24. The second-order valence-corrected chi connectivity index (χ2v) is 4.94. The van der Waals surface area contributed by atoms with Crippen molar-refractivity contribution in [2.45, 2.75) is 12.5 Å². The smallest absolute Gasteiger partial charge is 0.335 e. The highest BCUT2D eigenvalue weighted by molar-refractivity contribution is 6.34. The van der Waals surface area contributed by atoms with Crippen LogP contribution in [0.15, 0.2) is 18.2 Å². The Morgan fingerprint density at radius 1 is 1.53 bits per heavy atom. The molecule has 1 aromatic carbocycles. The Bertz CT molecular complexity index is 517. The van der Waals surface area contributed by atoms with Crippen LogP contribution >= 0.6 is 11.6 Å². The molecule has 2 N–H and O–H groups in total. The first-order valence-electron chi connectivity index (χ1n) is 5.85. The van der Waals surface area contributed by atoms with Gasteiger partial charge in [-0.3, -0.25) is 4.79 Å². The van der Waals surface area contributed by atoms with E-state index in [2.05, 4.69) is 5.32 Å². The maximum atomic E-state index is 12.0. The molecule has 0 aliphatic heterocycles. The molecule has 0 bridgehead atoms. The number of aromatic carboxylic acids is 1. The SMILES string of the molecule is COC[C@H]1C[C@@H]1NC(=O)c1ccc(C(=O)O)cc1Cl. The second kappa shape index (κ2) is 5.59. The molecule has 1 fully saturated rings. The number of methoxy groups -OCH3 is 1. The molecule has 0 unspecified atom stereocenters. The maximum Gasteiger partial charge on any atom is 0.335 e. The lowest BCUT2D eigenvalue weighted by Gasteiger charge is -2.07. The van der Waals surface area contributed by atoms with Gasteiger partial charge in [-0.1, -0.05) is 11.6 Å². The van der Waals surface area contributed by atoms with Crippen LogP contribution in [0.5, 0.6) is 0 Å². The summed E-state index contributed by atoms with van der Waals surface area (Å²) in [6.45, 7) is 0.622. The topological polar surface area (TPSA) is 75.6 Å². The Kier molecular flexibility index (Phi) is 4.07. The summed E-state index contributed by atoms with van der Waals surface area (Å²) in [5.74, 6) is -1.01. The number of carbonyl (C=O) groups excluding carboxylic acids is 1. The number of nitrogens with one attached hydrogen (secondary N) is 1. The van der Waals surface area contributed by atoms with E-state index in [0.29, 0.717) is 12.5 Å². The Balaban J connectivity index is 2.02. The van der Waals surface area contributed by atoms with Crippen LogP contribution in [0, 0.1) is 5.92 Å². The fraction of sp³-hybridized carbons (Fsp3) is 0.385. The first kappa shape index (κ1) is 13.8. The first-order valence-corrected chi connectivity index (χ1v) is 6.23. The van der Waals surface area contributed by atoms with E-state index in [0.717, 1.165) is 6.42 Å². The van der Waals surface area contributed by atoms with Crippen molar-refractivity contribution in [2.24, 2.45) is 5.92 Å². The van der Waals surface area contributed by atoms with Crippen LogP contribution in [0.2, 0.25) is 5.02 Å². The molecule has 1 aromatic rings. The molecule has 0 spiro atoms. The molecule has 2 rings (SSSR count). The van der Waals surface area contributed by atoms with E-state index in [-0.39, 0.29) is 28.1 Å². The van der Waals surface area contributed by atoms with Gasteiger partial charge in [-0.25, -0.2) is 4.79 Å². The van der Waals surface area contributed by atoms with Crippen molar-refractivity contribution in [1.82, 2.24) is 5.32 Å². The van der Waals surface area contributed by atoms with Gasteiger partial charge in [0.1, 0.15) is 0 Å². The van der Waals surface area contributed by atoms with E-state index in [9.17, 15) is 9.59 Å². The van der Waals surface area contributed by atoms with Crippen LogP contribution in [-0.2, 0) is 4.74 Å². The number of carbonyl (C=O) groups is 2. The average molecular weight is 284 g/mol. The lowest BCUT2D eigenvalue weighted by Crippen LogP contribution is -2.27. The molecule has 5 nitrogen and oxygen atoms in total. The van der Waals surface area contributed by atoms with Crippen molar-refractivity contribution >= 4 is 23.5 Å². The third-order valence-corrected chi connectivity index (χ3v) is 3.39. The van der Waals surface area contributed by atoms with Gasteiger partial charge in [0.05, 0.1) is 22.8 Å². The summed E-state index contributed by atoms with van der Waals surface area (Å²) < 4.78 is 5.01. The quantitative estimate of drug-likeness (QED) is 0.864. The van der Waals surface area contributed by atoms with Crippen molar-refractivity contribution in [2.75, 3.05) is 13.7 Å². The van der Waals surface area contributed by atoms with Gasteiger partial charge in [-0.2, -0.15) is 0 Å². The molecule has 0 heterocycles. The average Bonchev–Trinajstić information content (AvgIpc) is 3.07. The molecule has 1 saturated carbocycles. The van der Waals surface area contributed by atoms with Crippen LogP contribution in [0.4, 0.5) is 0 Å². The predicted octanol–water partition coefficient (Wildman–Crippen LogP) is 1.80. The molecule has 1 aliphatic carbocycles. The zero-order chi connectivity index (χ0) is 14.0. The van der Waals surface area contributed by atoms with Crippen LogP contribution < -0.4 is 5.32 Å². The molecular formula is C13H14ClNO4. The van der Waals surface area contributed by atoms with E-state index in [1.165, 1.54) is 18.2 Å². The summed E-state index contributed by atoms with van der Waals surface area (Å²) in [7, 11) is 1.62. The van der Waals surface area contributed by atoms with Gasteiger partial charge in [0.25, 0.3) is 5.91 Å². The van der Waals surface area contributed by atoms with Crippen molar-refractivity contribution in [1.29, 1.82) is 0 Å². The van der Waals surface area contributed by atoms with Gasteiger partial charge in [-0.05, 0) is 24.6 Å². The monoisotopic (exact) mass is 283 g/mol. The van der Waals surface area contributed by atoms with Crippen molar-refractivity contribution in [3.63, 3.8) is 0 Å². The third-order valence-electron chi connectivity index (χ3n) is 3.08. The molecule has 1 amide bonds. The summed E-state index contributed by atoms with van der Waals surface area (Å²) in [6, 6.07) is 4.18. The Morgan fingerprint density at radius 3 is 2.84 bits per heavy atom. The fourth-order valence-electron chi connectivity index (χ4n) is 1.90. The summed E-state index contributed by atoms with van der Waals surface area (Å²) >= 11 is 5.92. The molecule has 0 aromatic heterocycles. The van der Waals surface area contributed by atoms with E-state index in [1.807, 2.05) is 0 Å². The molecule has 6 heteroatoms. The Hall–Kier alpha value is -1.59. The highest BCUT2D eigenvalue weighted by atomic mass is 35.5. The number of benzene rings is 1. The zero-order valence-electron chi connectivity index (χ0n) is 10.4. The standard InChI is InChI=1S/C13H14ClNO4/c1-19-6-8-5-11(8)15-12(16)9-3-2-7(13(17)18)4-10(9)14/h2-4,8,11H,5-6H2,1H3,(H,15,16)(H,17,18)/t8-,11+/m1/s1. The largest absolute Gasteiger partial charge is 0.478 e. The highest BCUT2D eigenvalue weighted by Gasteiger charge is 2.38. The highest BCUT2D eigenvalue weighted by Crippen LogP contribution is 2.31. The maximum absolute atomic E-state index is 12.0. The number of carboxylic acid groups (broad SMARTS) is 1. The minimum atomic E-state index is -1.07. The predicted molar refractivity (Wildman–Crippen MR) is 69.6 cm³/mol. The fourth-order valence-corrected chi connectivity index (χ4v) is 2.17. The molecule has 1 aliphatic rings. The van der Waals surface area contributed by atoms with E-state index in [4.69, 9.17) is 21.4 Å². The summed E-state index contributed by atoms with van der Waals surface area (Å²) in [5.41, 5.74) is 0.347. The van der Waals surface area contributed by atoms with Crippen molar-refractivity contribution in [3.8, 4) is 0 Å². The van der Waals surface area contributed by atoms with Gasteiger partial charge in [-0.15, -0.1) is 0 Å². The number of rotatable bonds is 5. The van der Waals surface area contributed by atoms with Crippen LogP contribution in [0.3, 0.4) is 0 Å². The Labute approximate surface area is 115 Å². The van der Waals surface area contributed by atoms with Gasteiger partial charge in [0.2, 0.25) is 0 Å². The number of hydrogen-bond donors (Lipinski definition) is 2. The van der Waals surface area contributed by atoms with Gasteiger partial charge >= 0.3 is 5.97 Å². The lowest BCUT2D eigenvalue weighted by atomic mass is 10.1. The van der Waals surface area contributed by atoms with Crippen molar-refractivity contribution < 1.29 is 19.4 Å². The summed E-state index contributed by atoms with van der Waals surface area (Å²) in [4.78, 5) is 22.7. The zero-order valence-corrected chi connectivity index (χ0v) is 11.1. The van der Waals surface area contributed by atoms with Crippen LogP contribution in [0.1, 0.15) is 27.1 Å². The number of hydrogen-bond acceptors (Lipinski definition) is 3. The minimum absolute atomic E-state index is 0.0604. The van der Waals surface area contributed by atoms with Gasteiger partial charge < -0.3 is 15.2 Å². The van der Waals surface area contributed by atoms with Crippen LogP contribution in [0.25, 0.3) is 0 Å². The number of amides is 1. The van der Waals surface area contributed by atoms with E-state index in [1.54, 1.807) is 7.11 Å². The Morgan fingerprint density at radius 2 is 2.26 bits per heavy atom. The minimum Gasteiger partial charge on any atom is -0.478 e. The van der Waals surface area contributed by atoms with E-state index < -0.39 is 5.97 Å². The number of halogens is 1. The molecule has 2 atom stereocenters. The first-order chi connectivity index (χ1) is 9.02. The van der Waals surface area contributed by atoms with Gasteiger partial charge in [0, 0.05) is 19.1 Å². The summed E-state index contributed by atoms with van der Waals surface area (Å²) in [6.07, 6.45) is 0.893. The normalized spacial score (nSPS) is 20.9. The van der Waals surface area contributed by atoms with E-state index >= 15 is 0 Å². The number of ether oxygens (including phenoxy) is 1. The van der Waals surface area contributed by atoms with Gasteiger partial charge in [0.15, 0.2) is 0 Å². The molecule has 19 heavy (non-hydrogen) atoms. The van der Waals surface area contributed by atoms with Crippen LogP contribution in [-0.4, -0.2) is 36.7 Å².